The second kappa shape index (κ2) is 23.9. The third-order valence-electron chi connectivity index (χ3n) is 9.90. The first-order valence-electron chi connectivity index (χ1n) is 20.0. The molecule has 13 N–H and O–H groups in total. The molecular weight excluding hydrogens is 775 g/mol. The Bertz CT molecular complexity index is 1800. The average molecular weight is 838 g/mol. The summed E-state index contributed by atoms with van der Waals surface area (Å²) in [6.07, 6.45) is -3.10. The lowest BCUT2D eigenvalue weighted by Gasteiger charge is -2.36. The van der Waals surface area contributed by atoms with Crippen LogP contribution in [0, 0.1) is 17.3 Å². The van der Waals surface area contributed by atoms with E-state index in [-0.39, 0.29) is 42.6 Å². The van der Waals surface area contributed by atoms with Crippen LogP contribution in [0.25, 0.3) is 0 Å². The van der Waals surface area contributed by atoms with Gasteiger partial charge in [-0.2, -0.15) is 0 Å². The van der Waals surface area contributed by atoms with Crippen LogP contribution in [0.1, 0.15) is 78.4 Å². The van der Waals surface area contributed by atoms with Crippen molar-refractivity contribution in [1.82, 2.24) is 15.5 Å². The zero-order valence-electron chi connectivity index (χ0n) is 35.3. The number of guanidine groups is 1. The molecule has 0 bridgehead atoms. The Morgan fingerprint density at radius 1 is 0.800 bits per heavy atom. The molecule has 18 nitrogen and oxygen atoms in total. The summed E-state index contributed by atoms with van der Waals surface area (Å²) >= 11 is 0. The molecule has 18 heteroatoms. The van der Waals surface area contributed by atoms with Gasteiger partial charge in [0.1, 0.15) is 12.6 Å². The molecule has 0 spiro atoms. The fourth-order valence-electron chi connectivity index (χ4n) is 6.16. The van der Waals surface area contributed by atoms with Crippen molar-refractivity contribution in [3.05, 3.63) is 71.8 Å². The molecule has 0 radical (unpaired) electrons. The number of ketones is 1. The first kappa shape index (κ1) is 50.6. The third-order valence-corrected chi connectivity index (χ3v) is 9.90. The van der Waals surface area contributed by atoms with Crippen LogP contribution < -0.4 is 39.3 Å². The van der Waals surface area contributed by atoms with Crippen molar-refractivity contribution < 1.29 is 43.4 Å². The van der Waals surface area contributed by atoms with Crippen LogP contribution in [0.3, 0.4) is 0 Å². The van der Waals surface area contributed by atoms with Crippen LogP contribution in [0.5, 0.6) is 0 Å². The minimum absolute atomic E-state index is 0.142. The SMILES string of the molecule is CC(N)C(=O)NC(C)C(=O)C(CCCN=C(N)N)(C(=O)OCc1ccccc1)C(=O)N(C(=O)CC[C@H](O)[C@@H](N)Cc1ccccc1)C(=O)C(NC(=O)C(N)C(C)C)C(C)C. The number of carbonyl (C=O) groups is 7. The van der Waals surface area contributed by atoms with Gasteiger partial charge in [-0.15, -0.1) is 0 Å². The minimum atomic E-state index is -3.01. The van der Waals surface area contributed by atoms with Gasteiger partial charge in [0.25, 0.3) is 11.8 Å². The lowest BCUT2D eigenvalue weighted by Crippen LogP contribution is -2.64. The zero-order chi connectivity index (χ0) is 45.3. The summed E-state index contributed by atoms with van der Waals surface area (Å²) in [5, 5.41) is 16.0. The highest BCUT2D eigenvalue weighted by Crippen LogP contribution is 2.34. The highest BCUT2D eigenvalue weighted by molar-refractivity contribution is 6.29. The molecule has 60 heavy (non-hydrogen) atoms. The van der Waals surface area contributed by atoms with E-state index in [0.717, 1.165) is 5.56 Å². The predicted octanol–water partition coefficient (Wildman–Crippen LogP) is -0.0922. The maximum absolute atomic E-state index is 15.4. The number of benzene rings is 2. The number of esters is 1. The van der Waals surface area contributed by atoms with Crippen molar-refractivity contribution in [1.29, 1.82) is 0 Å². The lowest BCUT2D eigenvalue weighted by atomic mass is 9.74. The molecule has 2 rings (SSSR count). The number of nitrogens with two attached hydrogens (primary N) is 5. The van der Waals surface area contributed by atoms with Crippen LogP contribution in [0.2, 0.25) is 0 Å². The second-order valence-corrected chi connectivity index (χ2v) is 15.6. The van der Waals surface area contributed by atoms with Crippen LogP contribution in [-0.2, 0) is 51.3 Å². The standard InChI is InChI=1S/C42H63N9O9/c1-24(2)33(45)37(56)50-34(25(3)4)38(57)51(32(53)19-18-31(52)30(44)22-28-14-9-7-10-15-28)39(58)42(20-13-21-48-41(46)47,35(54)27(6)49-36(55)26(5)43)40(59)60-23-29-16-11-8-12-17-29/h7-12,14-17,24-27,30-31,33-34,52H,13,18-23,43-45H2,1-6H3,(H,49,55)(H,50,56)(H4,46,47,48)/t26?,27?,30-,31-,33?,34?,42?/m0/s1. The molecule has 0 fully saturated rings. The lowest BCUT2D eigenvalue weighted by molar-refractivity contribution is -0.174. The predicted molar refractivity (Wildman–Crippen MR) is 225 cm³/mol. The van der Waals surface area contributed by atoms with E-state index in [0.29, 0.717) is 5.56 Å². The molecule has 5 amide bonds. The fourth-order valence-corrected chi connectivity index (χ4v) is 6.16. The van der Waals surface area contributed by atoms with E-state index < -0.39 is 108 Å². The summed E-state index contributed by atoms with van der Waals surface area (Å²) in [5.74, 6) is -9.92. The molecule has 0 aromatic heterocycles. The summed E-state index contributed by atoms with van der Waals surface area (Å²) in [6.45, 7) is 8.32. The quantitative estimate of drug-likeness (QED) is 0.0239. The van der Waals surface area contributed by atoms with Crippen LogP contribution in [0.4, 0.5) is 0 Å². The van der Waals surface area contributed by atoms with E-state index in [2.05, 4.69) is 15.6 Å². The summed E-state index contributed by atoms with van der Waals surface area (Å²) in [6, 6.07) is 11.0. The fraction of sp³-hybridized carbons (Fsp3) is 0.524. The maximum atomic E-state index is 15.4. The van der Waals surface area contributed by atoms with E-state index >= 15 is 4.79 Å². The van der Waals surface area contributed by atoms with E-state index in [1.165, 1.54) is 27.7 Å². The zero-order valence-corrected chi connectivity index (χ0v) is 35.3. The second-order valence-electron chi connectivity index (χ2n) is 15.6. The Balaban J connectivity index is 2.85. The van der Waals surface area contributed by atoms with E-state index in [9.17, 15) is 33.9 Å². The number of ether oxygens (including phenoxy) is 1. The van der Waals surface area contributed by atoms with Gasteiger partial charge in [0, 0.05) is 19.0 Å². The molecule has 0 saturated carbocycles. The van der Waals surface area contributed by atoms with Gasteiger partial charge in [-0.05, 0) is 62.5 Å². The Labute approximate surface area is 351 Å². The molecule has 0 aliphatic carbocycles. The number of hydrogen-bond acceptors (Lipinski definition) is 13. The normalized spacial score (nSPS) is 15.3. The molecule has 0 heterocycles. The van der Waals surface area contributed by atoms with Gasteiger partial charge in [-0.25, -0.2) is 4.90 Å². The smallest absolute Gasteiger partial charge is 0.329 e. The van der Waals surface area contributed by atoms with E-state index in [4.69, 9.17) is 33.4 Å². The van der Waals surface area contributed by atoms with Crippen molar-refractivity contribution in [3.8, 4) is 0 Å². The molecule has 2 aromatic rings. The molecule has 0 saturated heterocycles. The number of rotatable bonds is 23. The van der Waals surface area contributed by atoms with Crippen molar-refractivity contribution in [2.24, 2.45) is 50.9 Å². The van der Waals surface area contributed by atoms with Gasteiger partial charge < -0.3 is 49.1 Å². The maximum Gasteiger partial charge on any atom is 0.329 e. The van der Waals surface area contributed by atoms with Crippen molar-refractivity contribution in [2.75, 3.05) is 6.54 Å². The topological polar surface area (TPSA) is 319 Å². The summed E-state index contributed by atoms with van der Waals surface area (Å²) in [7, 11) is 0. The molecule has 0 aliphatic heterocycles. The number of aliphatic imine (C=N–C) groups is 1. The summed E-state index contributed by atoms with van der Waals surface area (Å²) in [4.78, 5) is 104. The number of hydrogen-bond donors (Lipinski definition) is 8. The van der Waals surface area contributed by atoms with Gasteiger partial charge in [-0.3, -0.25) is 38.6 Å². The van der Waals surface area contributed by atoms with Crippen LogP contribution in [-0.4, -0.2) is 100 Å². The molecule has 0 aliphatic rings. The molecule has 5 unspecified atom stereocenters. The Morgan fingerprint density at radius 3 is 1.88 bits per heavy atom. The highest BCUT2D eigenvalue weighted by atomic mass is 16.5. The Kier molecular flexibility index (Phi) is 20.1. The molecular formula is C42H63N9O9. The number of aliphatic hydroxyl groups is 1. The first-order chi connectivity index (χ1) is 28.1. The monoisotopic (exact) mass is 837 g/mol. The van der Waals surface area contributed by atoms with Gasteiger partial charge in [-0.1, -0.05) is 88.4 Å². The van der Waals surface area contributed by atoms with Crippen LogP contribution >= 0.6 is 0 Å². The number of Topliss-reactive ketones (excluding diaryl/α,β-unsaturated/α-hetero) is 1. The summed E-state index contributed by atoms with van der Waals surface area (Å²) < 4.78 is 5.65. The van der Waals surface area contributed by atoms with Crippen molar-refractivity contribution in [2.45, 2.75) is 117 Å². The van der Waals surface area contributed by atoms with Gasteiger partial charge in [0.15, 0.2) is 11.7 Å². The number of aliphatic hydroxyl groups excluding tert-OH is 1. The van der Waals surface area contributed by atoms with Crippen molar-refractivity contribution in [3.63, 3.8) is 0 Å². The number of nitrogens with zero attached hydrogens (tertiary/aromatic N) is 2. The van der Waals surface area contributed by atoms with Gasteiger partial charge >= 0.3 is 5.97 Å². The Hall–Kier alpha value is -5.56. The van der Waals surface area contributed by atoms with Crippen molar-refractivity contribution >= 4 is 47.2 Å². The first-order valence-corrected chi connectivity index (χ1v) is 20.0. The van der Waals surface area contributed by atoms with E-state index in [1.807, 2.05) is 6.07 Å². The summed E-state index contributed by atoms with van der Waals surface area (Å²) in [5.41, 5.74) is 27.5. The molecule has 2 aromatic carbocycles. The highest BCUT2D eigenvalue weighted by Gasteiger charge is 2.59. The van der Waals surface area contributed by atoms with Gasteiger partial charge in [0.05, 0.1) is 24.2 Å². The number of nitrogens with one attached hydrogen (secondary N) is 2. The largest absolute Gasteiger partial charge is 0.460 e. The molecule has 330 valence electrons. The number of amides is 5. The van der Waals surface area contributed by atoms with E-state index in [1.54, 1.807) is 68.4 Å². The molecule has 7 atom stereocenters. The average Bonchev–Trinajstić information content (AvgIpc) is 3.20. The minimum Gasteiger partial charge on any atom is -0.460 e. The number of imide groups is 3. The van der Waals surface area contributed by atoms with Gasteiger partial charge in [0.2, 0.25) is 23.1 Å². The van der Waals surface area contributed by atoms with Crippen LogP contribution in [0.15, 0.2) is 65.7 Å². The Morgan fingerprint density at radius 2 is 1.37 bits per heavy atom. The third kappa shape index (κ3) is 14.3. The number of carbonyl (C=O) groups excluding carboxylic acids is 7.